The average Bonchev–Trinajstić information content (AvgIpc) is 2.81. The topological polar surface area (TPSA) is 23.6 Å². The number of nitrogens with zero attached hydrogens (tertiary/aromatic N) is 2. The molecule has 0 spiro atoms. The lowest BCUT2D eigenvalue weighted by molar-refractivity contribution is 0.0956. The van der Waals surface area contributed by atoms with E-state index in [0.717, 1.165) is 55.7 Å². The fourth-order valence-corrected chi connectivity index (χ4v) is 4.73. The zero-order chi connectivity index (χ0) is 22.5. The Labute approximate surface area is 190 Å². The summed E-state index contributed by atoms with van der Waals surface area (Å²) in [6.45, 7) is 6.94. The van der Waals surface area contributed by atoms with Gasteiger partial charge in [0.05, 0.1) is 11.3 Å². The van der Waals surface area contributed by atoms with Crippen LogP contribution in [0.15, 0.2) is 72.8 Å². The molecule has 1 fully saturated rings. The van der Waals surface area contributed by atoms with Crippen LogP contribution in [0.1, 0.15) is 39.9 Å². The third kappa shape index (κ3) is 4.91. The largest absolute Gasteiger partial charge is 0.305 e. The molecule has 1 aliphatic rings. The minimum atomic E-state index is -0.464. The highest BCUT2D eigenvalue weighted by molar-refractivity contribution is 6.07. The maximum absolute atomic E-state index is 14.6. The van der Waals surface area contributed by atoms with Crippen LogP contribution in [-0.4, -0.2) is 36.5 Å². The number of likely N-dealkylation sites (tertiary alicyclic amines) is 1. The van der Waals surface area contributed by atoms with Crippen LogP contribution in [0.25, 0.3) is 0 Å². The third-order valence-electron chi connectivity index (χ3n) is 6.49. The summed E-state index contributed by atoms with van der Waals surface area (Å²) >= 11 is 0. The van der Waals surface area contributed by atoms with Crippen molar-refractivity contribution < 1.29 is 9.18 Å². The van der Waals surface area contributed by atoms with Crippen LogP contribution >= 0.6 is 0 Å². The van der Waals surface area contributed by atoms with Crippen LogP contribution in [-0.2, 0) is 6.42 Å². The van der Waals surface area contributed by atoms with Gasteiger partial charge in [-0.2, -0.15) is 0 Å². The van der Waals surface area contributed by atoms with Crippen LogP contribution in [0.4, 0.5) is 10.1 Å². The normalized spacial score (nSPS) is 15.0. The molecule has 0 radical (unpaired) electrons. The van der Waals surface area contributed by atoms with Crippen LogP contribution < -0.4 is 4.90 Å². The first-order valence-corrected chi connectivity index (χ1v) is 11.4. The second-order valence-electron chi connectivity index (χ2n) is 8.70. The molecule has 4 heteroatoms. The van der Waals surface area contributed by atoms with Gasteiger partial charge in [0.15, 0.2) is 0 Å². The van der Waals surface area contributed by atoms with E-state index in [0.29, 0.717) is 0 Å². The fourth-order valence-electron chi connectivity index (χ4n) is 4.73. The third-order valence-corrected chi connectivity index (χ3v) is 6.49. The van der Waals surface area contributed by atoms with Crippen molar-refractivity contribution in [1.29, 1.82) is 0 Å². The fraction of sp³-hybridized carbons (Fsp3) is 0.321. The molecule has 3 aromatic carbocycles. The van der Waals surface area contributed by atoms with Crippen molar-refractivity contribution in [3.05, 3.63) is 101 Å². The number of halogens is 1. The van der Waals surface area contributed by atoms with E-state index in [9.17, 15) is 9.18 Å². The maximum atomic E-state index is 14.6. The number of para-hydroxylation sites is 1. The molecule has 0 atom stereocenters. The first kappa shape index (κ1) is 22.2. The van der Waals surface area contributed by atoms with Gasteiger partial charge in [0.2, 0.25) is 0 Å². The molecule has 1 saturated heterocycles. The Morgan fingerprint density at radius 1 is 0.906 bits per heavy atom. The van der Waals surface area contributed by atoms with E-state index in [1.807, 2.05) is 43.0 Å². The van der Waals surface area contributed by atoms with E-state index in [1.165, 1.54) is 11.6 Å². The van der Waals surface area contributed by atoms with E-state index >= 15 is 0 Å². The maximum Gasteiger partial charge on any atom is 0.261 e. The summed E-state index contributed by atoms with van der Waals surface area (Å²) in [6.07, 6.45) is 2.78. The summed E-state index contributed by atoms with van der Waals surface area (Å²) < 4.78 is 14.6. The number of rotatable bonds is 6. The van der Waals surface area contributed by atoms with Crippen molar-refractivity contribution in [3.8, 4) is 0 Å². The lowest BCUT2D eigenvalue weighted by atomic mass is 9.97. The summed E-state index contributed by atoms with van der Waals surface area (Å²) in [6, 6.07) is 23.0. The van der Waals surface area contributed by atoms with Crippen molar-refractivity contribution in [2.75, 3.05) is 24.5 Å². The molecule has 0 saturated carbocycles. The molecular weight excluding hydrogens is 399 g/mol. The summed E-state index contributed by atoms with van der Waals surface area (Å²) in [7, 11) is 0. The van der Waals surface area contributed by atoms with Crippen molar-refractivity contribution in [1.82, 2.24) is 4.90 Å². The Morgan fingerprint density at radius 3 is 2.19 bits per heavy atom. The van der Waals surface area contributed by atoms with Gasteiger partial charge in [0.25, 0.3) is 5.91 Å². The predicted octanol–water partition coefficient (Wildman–Crippen LogP) is 5.80. The smallest absolute Gasteiger partial charge is 0.261 e. The summed E-state index contributed by atoms with van der Waals surface area (Å²) in [5, 5.41) is 0. The van der Waals surface area contributed by atoms with Gasteiger partial charge in [-0.15, -0.1) is 0 Å². The molecule has 1 heterocycles. The van der Waals surface area contributed by atoms with E-state index in [1.54, 1.807) is 18.2 Å². The minimum absolute atomic E-state index is 0.0508. The molecule has 1 aliphatic heterocycles. The standard InChI is InChI=1S/C28H31FN2O/c1-21-9-8-10-22(2)27(21)31(28(32)25-13-6-7-14-26(25)29)24-16-19-30(20-17-24)18-15-23-11-4-3-5-12-23/h3-14,24H,15-20H2,1-2H3. The number of carbonyl (C=O) groups is 1. The molecule has 3 aromatic rings. The van der Waals surface area contributed by atoms with Crippen LogP contribution in [0.3, 0.4) is 0 Å². The van der Waals surface area contributed by atoms with Gasteiger partial charge in [-0.05, 0) is 61.9 Å². The van der Waals surface area contributed by atoms with Crippen molar-refractivity contribution in [3.63, 3.8) is 0 Å². The first-order chi connectivity index (χ1) is 15.5. The second-order valence-corrected chi connectivity index (χ2v) is 8.70. The molecule has 1 amide bonds. The highest BCUT2D eigenvalue weighted by atomic mass is 19.1. The predicted molar refractivity (Wildman–Crippen MR) is 129 cm³/mol. The van der Waals surface area contributed by atoms with Crippen molar-refractivity contribution in [2.45, 2.75) is 39.2 Å². The molecule has 0 aliphatic carbocycles. The molecule has 0 N–H and O–H groups in total. The monoisotopic (exact) mass is 430 g/mol. The highest BCUT2D eigenvalue weighted by Gasteiger charge is 2.32. The zero-order valence-corrected chi connectivity index (χ0v) is 18.9. The number of hydrogen-bond acceptors (Lipinski definition) is 2. The van der Waals surface area contributed by atoms with Gasteiger partial charge >= 0.3 is 0 Å². The van der Waals surface area contributed by atoms with Crippen LogP contribution in [0.5, 0.6) is 0 Å². The van der Waals surface area contributed by atoms with Crippen LogP contribution in [0.2, 0.25) is 0 Å². The van der Waals surface area contributed by atoms with Gasteiger partial charge in [-0.1, -0.05) is 60.7 Å². The summed E-state index contributed by atoms with van der Waals surface area (Å²) in [5.41, 5.74) is 4.49. The minimum Gasteiger partial charge on any atom is -0.305 e. The number of amides is 1. The Hall–Kier alpha value is -2.98. The molecule has 3 nitrogen and oxygen atoms in total. The molecule has 166 valence electrons. The van der Waals surface area contributed by atoms with Crippen molar-refractivity contribution >= 4 is 11.6 Å². The zero-order valence-electron chi connectivity index (χ0n) is 18.9. The van der Waals surface area contributed by atoms with Gasteiger partial charge in [-0.3, -0.25) is 4.79 Å². The Balaban J connectivity index is 1.54. The Kier molecular flexibility index (Phi) is 7.01. The lowest BCUT2D eigenvalue weighted by Gasteiger charge is -2.40. The van der Waals surface area contributed by atoms with Gasteiger partial charge < -0.3 is 9.80 Å². The number of anilines is 1. The van der Waals surface area contributed by atoms with E-state index in [-0.39, 0.29) is 17.5 Å². The highest BCUT2D eigenvalue weighted by Crippen LogP contribution is 2.32. The first-order valence-electron chi connectivity index (χ1n) is 11.4. The molecular formula is C28H31FN2O. The number of hydrogen-bond donors (Lipinski definition) is 0. The van der Waals surface area contributed by atoms with Crippen molar-refractivity contribution in [2.24, 2.45) is 0 Å². The second kappa shape index (κ2) is 10.1. The molecule has 32 heavy (non-hydrogen) atoms. The van der Waals surface area contributed by atoms with Gasteiger partial charge in [-0.25, -0.2) is 4.39 Å². The lowest BCUT2D eigenvalue weighted by Crippen LogP contribution is -2.48. The van der Waals surface area contributed by atoms with Crippen LogP contribution in [0, 0.1) is 19.7 Å². The summed E-state index contributed by atoms with van der Waals surface area (Å²) in [4.78, 5) is 18.0. The van der Waals surface area contributed by atoms with E-state index in [4.69, 9.17) is 0 Å². The number of benzene rings is 3. The summed E-state index contributed by atoms with van der Waals surface area (Å²) in [5.74, 6) is -0.711. The van der Waals surface area contributed by atoms with Gasteiger partial charge in [0.1, 0.15) is 5.82 Å². The molecule has 0 unspecified atom stereocenters. The molecule has 4 rings (SSSR count). The Morgan fingerprint density at radius 2 is 1.53 bits per heavy atom. The van der Waals surface area contributed by atoms with E-state index < -0.39 is 5.82 Å². The molecule has 0 aromatic heterocycles. The quantitative estimate of drug-likeness (QED) is 0.494. The number of piperidine rings is 1. The van der Waals surface area contributed by atoms with Gasteiger partial charge in [0, 0.05) is 25.7 Å². The van der Waals surface area contributed by atoms with E-state index in [2.05, 4.69) is 29.2 Å². The molecule has 0 bridgehead atoms. The number of aryl methyl sites for hydroxylation is 2. The SMILES string of the molecule is Cc1cccc(C)c1N(C(=O)c1ccccc1F)C1CCN(CCc2ccccc2)CC1. The Bertz CT molecular complexity index is 1040. The number of carbonyl (C=O) groups excluding carboxylic acids is 1. The average molecular weight is 431 g/mol.